The zero-order chi connectivity index (χ0) is 16.7. The van der Waals surface area contributed by atoms with Gasteiger partial charge in [-0.2, -0.15) is 5.26 Å². The second kappa shape index (κ2) is 5.20. The Bertz CT molecular complexity index is 878. The molecule has 4 rings (SSSR count). The number of carbonyl (C=O) groups excluding carboxylic acids is 1. The molecule has 24 heavy (non-hydrogen) atoms. The van der Waals surface area contributed by atoms with E-state index in [-0.39, 0.29) is 11.7 Å². The number of nitrogens with one attached hydrogen (secondary N) is 2. The van der Waals surface area contributed by atoms with E-state index >= 15 is 0 Å². The Labute approximate surface area is 137 Å². The van der Waals surface area contributed by atoms with Crippen molar-refractivity contribution in [2.45, 2.75) is 12.0 Å². The molecule has 1 saturated heterocycles. The molecule has 0 unspecified atom stereocenters. The minimum Gasteiger partial charge on any atom is -0.353 e. The molecule has 0 radical (unpaired) electrons. The van der Waals surface area contributed by atoms with Crippen LogP contribution in [0, 0.1) is 17.3 Å². The molecule has 2 aliphatic heterocycles. The van der Waals surface area contributed by atoms with Gasteiger partial charge in [0.05, 0.1) is 12.2 Å². The first kappa shape index (κ1) is 14.5. The molecule has 1 amide bonds. The second-order valence-corrected chi connectivity index (χ2v) is 6.06. The Morgan fingerprint density at radius 2 is 2.21 bits per heavy atom. The SMILES string of the molecule is N#CN1CC[C@@]2(C1)Nc1ncc(-c3cccc(F)c3)cc1NC2=O. The van der Waals surface area contributed by atoms with Crippen molar-refractivity contribution < 1.29 is 9.18 Å². The number of hydrogen-bond acceptors (Lipinski definition) is 5. The van der Waals surface area contributed by atoms with Crippen LogP contribution < -0.4 is 10.6 Å². The van der Waals surface area contributed by atoms with Gasteiger partial charge in [-0.05, 0) is 30.2 Å². The number of likely N-dealkylation sites (tertiary alicyclic amines) is 1. The Morgan fingerprint density at radius 1 is 1.33 bits per heavy atom. The third-order valence-corrected chi connectivity index (χ3v) is 4.50. The summed E-state index contributed by atoms with van der Waals surface area (Å²) >= 11 is 0. The van der Waals surface area contributed by atoms with Gasteiger partial charge in [-0.1, -0.05) is 12.1 Å². The van der Waals surface area contributed by atoms with Gasteiger partial charge in [-0.25, -0.2) is 9.37 Å². The second-order valence-electron chi connectivity index (χ2n) is 6.06. The lowest BCUT2D eigenvalue weighted by Gasteiger charge is -2.34. The van der Waals surface area contributed by atoms with Crippen LogP contribution in [-0.2, 0) is 4.79 Å². The summed E-state index contributed by atoms with van der Waals surface area (Å²) in [5.41, 5.74) is 1.14. The fraction of sp³-hybridized carbons (Fsp3) is 0.235. The van der Waals surface area contributed by atoms with Gasteiger partial charge in [0.2, 0.25) is 0 Å². The van der Waals surface area contributed by atoms with Crippen LogP contribution in [0.25, 0.3) is 11.1 Å². The maximum Gasteiger partial charge on any atom is 0.252 e. The number of rotatable bonds is 1. The summed E-state index contributed by atoms with van der Waals surface area (Å²) < 4.78 is 13.4. The number of nitrogens with zero attached hydrogens (tertiary/aromatic N) is 3. The van der Waals surface area contributed by atoms with Gasteiger partial charge in [0.25, 0.3) is 5.91 Å². The molecule has 1 fully saturated rings. The van der Waals surface area contributed by atoms with Gasteiger partial charge >= 0.3 is 0 Å². The molecule has 0 bridgehead atoms. The lowest BCUT2D eigenvalue weighted by Crippen LogP contribution is -2.54. The Morgan fingerprint density at radius 3 is 2.96 bits per heavy atom. The molecule has 0 saturated carbocycles. The van der Waals surface area contributed by atoms with Crippen molar-refractivity contribution in [3.8, 4) is 17.3 Å². The van der Waals surface area contributed by atoms with Crippen molar-refractivity contribution in [3.05, 3.63) is 42.3 Å². The van der Waals surface area contributed by atoms with Crippen LogP contribution >= 0.6 is 0 Å². The van der Waals surface area contributed by atoms with E-state index in [0.717, 1.165) is 5.56 Å². The van der Waals surface area contributed by atoms with Crippen molar-refractivity contribution in [2.24, 2.45) is 0 Å². The van der Waals surface area contributed by atoms with Crippen molar-refractivity contribution in [1.82, 2.24) is 9.88 Å². The normalized spacial score (nSPS) is 21.8. The number of pyridine rings is 1. The highest BCUT2D eigenvalue weighted by Crippen LogP contribution is 2.36. The van der Waals surface area contributed by atoms with Gasteiger partial charge in [-0.15, -0.1) is 0 Å². The van der Waals surface area contributed by atoms with Crippen LogP contribution in [0.2, 0.25) is 0 Å². The summed E-state index contributed by atoms with van der Waals surface area (Å²) in [5, 5.41) is 15.1. The van der Waals surface area contributed by atoms with E-state index in [2.05, 4.69) is 21.8 Å². The standard InChI is InChI=1S/C17H14FN5O/c18-13-3-1-2-11(6-13)12-7-14-15(20-8-12)22-17(16(24)21-14)4-5-23(9-17)10-19/h1-3,6-8H,4-5,9H2,(H,20,22)(H,21,24)/t17-/m0/s1. The topological polar surface area (TPSA) is 81.1 Å². The van der Waals surface area contributed by atoms with E-state index in [1.54, 1.807) is 29.3 Å². The van der Waals surface area contributed by atoms with Gasteiger partial charge in [0, 0.05) is 18.3 Å². The molecule has 7 heteroatoms. The fourth-order valence-electron chi connectivity index (χ4n) is 3.19. The molecule has 2 aromatic rings. The van der Waals surface area contributed by atoms with Gasteiger partial charge in [0.1, 0.15) is 11.4 Å². The van der Waals surface area contributed by atoms with E-state index in [1.807, 2.05) is 0 Å². The van der Waals surface area contributed by atoms with Crippen LogP contribution in [-0.4, -0.2) is 34.4 Å². The number of hydrogen-bond donors (Lipinski definition) is 2. The van der Waals surface area contributed by atoms with Crippen LogP contribution in [0.15, 0.2) is 36.5 Å². The number of amides is 1. The Kier molecular flexibility index (Phi) is 3.13. The molecule has 0 aliphatic carbocycles. The van der Waals surface area contributed by atoms with Crippen LogP contribution in [0.5, 0.6) is 0 Å². The molecule has 2 aliphatic rings. The Balaban J connectivity index is 1.68. The van der Waals surface area contributed by atoms with Gasteiger partial charge in [-0.3, -0.25) is 4.79 Å². The summed E-state index contributed by atoms with van der Waals surface area (Å²) in [4.78, 5) is 18.5. The number of nitriles is 1. The number of carbonyl (C=O) groups is 1. The van der Waals surface area contributed by atoms with Crippen LogP contribution in [0.3, 0.4) is 0 Å². The molecule has 1 aromatic carbocycles. The van der Waals surface area contributed by atoms with E-state index in [1.165, 1.54) is 12.1 Å². The lowest BCUT2D eigenvalue weighted by molar-refractivity contribution is -0.120. The monoisotopic (exact) mass is 323 g/mol. The average molecular weight is 323 g/mol. The summed E-state index contributed by atoms with van der Waals surface area (Å²) in [7, 11) is 0. The number of anilines is 2. The smallest absolute Gasteiger partial charge is 0.252 e. The molecular weight excluding hydrogens is 309 g/mol. The van der Waals surface area contributed by atoms with E-state index in [9.17, 15) is 9.18 Å². The number of fused-ring (bicyclic) bond motifs is 1. The summed E-state index contributed by atoms with van der Waals surface area (Å²) in [6.07, 6.45) is 4.26. The number of aromatic nitrogens is 1. The van der Waals surface area contributed by atoms with Crippen LogP contribution in [0.1, 0.15) is 6.42 Å². The summed E-state index contributed by atoms with van der Waals surface area (Å²) in [6.45, 7) is 0.857. The average Bonchev–Trinajstić information content (AvgIpc) is 3.00. The zero-order valence-electron chi connectivity index (χ0n) is 12.7. The quantitative estimate of drug-likeness (QED) is 0.786. The fourth-order valence-corrected chi connectivity index (χ4v) is 3.19. The molecular formula is C17H14FN5O. The minimum atomic E-state index is -0.823. The van der Waals surface area contributed by atoms with Gasteiger partial charge < -0.3 is 15.5 Å². The highest BCUT2D eigenvalue weighted by molar-refractivity contribution is 6.06. The maximum atomic E-state index is 13.4. The van der Waals surface area contributed by atoms with E-state index < -0.39 is 5.54 Å². The summed E-state index contributed by atoms with van der Waals surface area (Å²) in [5.74, 6) is 0.0642. The first-order valence-corrected chi connectivity index (χ1v) is 7.60. The van der Waals surface area contributed by atoms with Crippen molar-refractivity contribution in [3.63, 3.8) is 0 Å². The minimum absolute atomic E-state index is 0.175. The van der Waals surface area contributed by atoms with Crippen molar-refractivity contribution >= 4 is 17.4 Å². The molecule has 3 heterocycles. The summed E-state index contributed by atoms with van der Waals surface area (Å²) in [6, 6.07) is 7.98. The van der Waals surface area contributed by atoms with Gasteiger partial charge in [0.15, 0.2) is 12.0 Å². The predicted molar refractivity (Wildman–Crippen MR) is 86.4 cm³/mol. The molecule has 2 N–H and O–H groups in total. The predicted octanol–water partition coefficient (Wildman–Crippen LogP) is 2.18. The highest BCUT2D eigenvalue weighted by atomic mass is 19.1. The first-order chi connectivity index (χ1) is 11.6. The highest BCUT2D eigenvalue weighted by Gasteiger charge is 2.47. The zero-order valence-corrected chi connectivity index (χ0v) is 12.7. The molecule has 1 spiro atoms. The van der Waals surface area contributed by atoms with E-state index in [0.29, 0.717) is 36.6 Å². The van der Waals surface area contributed by atoms with Crippen molar-refractivity contribution in [1.29, 1.82) is 5.26 Å². The maximum absolute atomic E-state index is 13.4. The number of benzene rings is 1. The van der Waals surface area contributed by atoms with Crippen LogP contribution in [0.4, 0.5) is 15.9 Å². The van der Waals surface area contributed by atoms with E-state index in [4.69, 9.17) is 5.26 Å². The third-order valence-electron chi connectivity index (χ3n) is 4.50. The Hall–Kier alpha value is -3.14. The molecule has 120 valence electrons. The van der Waals surface area contributed by atoms with Crippen molar-refractivity contribution in [2.75, 3.05) is 23.7 Å². The lowest BCUT2D eigenvalue weighted by atomic mass is 9.94. The largest absolute Gasteiger partial charge is 0.353 e. The molecule has 6 nitrogen and oxygen atoms in total. The third kappa shape index (κ3) is 2.24. The molecule has 1 aromatic heterocycles. The number of halogens is 1. The first-order valence-electron chi connectivity index (χ1n) is 7.60. The molecule has 1 atom stereocenters.